The molecule has 0 saturated carbocycles. The summed E-state index contributed by atoms with van der Waals surface area (Å²) in [5, 5.41) is 12.0. The second kappa shape index (κ2) is 5.52. The average Bonchev–Trinajstić information content (AvgIpc) is 2.76. The van der Waals surface area contributed by atoms with E-state index in [2.05, 4.69) is 16.4 Å². The first-order chi connectivity index (χ1) is 8.70. The maximum atomic E-state index is 8.72. The SMILES string of the molecule is Cc1ncsc1CNc1ccc(N)c(CC#N)c1. The molecule has 0 atom stereocenters. The van der Waals surface area contributed by atoms with Gasteiger partial charge in [0.2, 0.25) is 0 Å². The van der Waals surface area contributed by atoms with Crippen LogP contribution in [0.1, 0.15) is 16.1 Å². The lowest BCUT2D eigenvalue weighted by Gasteiger charge is -2.08. The van der Waals surface area contributed by atoms with E-state index in [1.807, 2.05) is 30.6 Å². The summed E-state index contributed by atoms with van der Waals surface area (Å²) in [6.07, 6.45) is 0.334. The van der Waals surface area contributed by atoms with Gasteiger partial charge in [-0.2, -0.15) is 5.26 Å². The van der Waals surface area contributed by atoms with Crippen molar-refractivity contribution in [2.75, 3.05) is 11.1 Å². The van der Waals surface area contributed by atoms with Crippen LogP contribution in [0.4, 0.5) is 11.4 Å². The molecule has 0 unspecified atom stereocenters. The Kier molecular flexibility index (Phi) is 3.80. The first kappa shape index (κ1) is 12.4. The molecule has 5 heteroatoms. The lowest BCUT2D eigenvalue weighted by atomic mass is 10.1. The third-order valence-electron chi connectivity index (χ3n) is 2.71. The first-order valence-corrected chi connectivity index (χ1v) is 6.47. The summed E-state index contributed by atoms with van der Waals surface area (Å²) in [4.78, 5) is 5.42. The van der Waals surface area contributed by atoms with Crippen molar-refractivity contribution in [1.29, 1.82) is 5.26 Å². The molecule has 0 spiro atoms. The van der Waals surface area contributed by atoms with Crippen LogP contribution in [-0.4, -0.2) is 4.98 Å². The van der Waals surface area contributed by atoms with E-state index in [4.69, 9.17) is 11.0 Å². The average molecular weight is 258 g/mol. The predicted octanol–water partition coefficient (Wildman–Crippen LogP) is 2.71. The summed E-state index contributed by atoms with van der Waals surface area (Å²) in [6, 6.07) is 7.79. The first-order valence-electron chi connectivity index (χ1n) is 5.59. The van der Waals surface area contributed by atoms with Crippen molar-refractivity contribution in [3.8, 4) is 6.07 Å². The Bertz CT molecular complexity index is 583. The number of hydrogen-bond donors (Lipinski definition) is 2. The van der Waals surface area contributed by atoms with Gasteiger partial charge in [0.15, 0.2) is 0 Å². The van der Waals surface area contributed by atoms with Gasteiger partial charge in [-0.15, -0.1) is 11.3 Å². The van der Waals surface area contributed by atoms with Gasteiger partial charge >= 0.3 is 0 Å². The minimum atomic E-state index is 0.334. The van der Waals surface area contributed by atoms with Gasteiger partial charge in [0.25, 0.3) is 0 Å². The molecule has 1 aromatic carbocycles. The van der Waals surface area contributed by atoms with Crippen LogP contribution >= 0.6 is 11.3 Å². The minimum Gasteiger partial charge on any atom is -0.398 e. The molecule has 0 aliphatic rings. The molecule has 3 N–H and O–H groups in total. The zero-order valence-electron chi connectivity index (χ0n) is 10.1. The fourth-order valence-corrected chi connectivity index (χ4v) is 2.35. The summed E-state index contributed by atoms with van der Waals surface area (Å²) in [7, 11) is 0. The number of hydrogen-bond acceptors (Lipinski definition) is 5. The molecule has 1 aromatic heterocycles. The van der Waals surface area contributed by atoms with E-state index in [0.717, 1.165) is 23.5 Å². The number of nitrogens with zero attached hydrogens (tertiary/aromatic N) is 2. The molecule has 92 valence electrons. The van der Waals surface area contributed by atoms with Gasteiger partial charge in [0, 0.05) is 16.3 Å². The molecular formula is C13H14N4S. The fraction of sp³-hybridized carbons (Fsp3) is 0.231. The van der Waals surface area contributed by atoms with Crippen LogP contribution in [-0.2, 0) is 13.0 Å². The van der Waals surface area contributed by atoms with E-state index in [9.17, 15) is 0 Å². The Balaban J connectivity index is 2.08. The van der Waals surface area contributed by atoms with E-state index in [1.54, 1.807) is 11.3 Å². The van der Waals surface area contributed by atoms with E-state index >= 15 is 0 Å². The number of aryl methyl sites for hydroxylation is 1. The van der Waals surface area contributed by atoms with Crippen LogP contribution in [0, 0.1) is 18.3 Å². The van der Waals surface area contributed by atoms with Gasteiger partial charge in [-0.1, -0.05) is 0 Å². The van der Waals surface area contributed by atoms with Gasteiger partial charge in [-0.3, -0.25) is 0 Å². The summed E-state index contributed by atoms with van der Waals surface area (Å²) in [6.45, 7) is 2.74. The molecule has 0 aliphatic carbocycles. The number of rotatable bonds is 4. The smallest absolute Gasteiger partial charge is 0.0798 e. The van der Waals surface area contributed by atoms with Crippen molar-refractivity contribution in [3.63, 3.8) is 0 Å². The topological polar surface area (TPSA) is 74.7 Å². The molecule has 0 bridgehead atoms. The Labute approximate surface area is 110 Å². The lowest BCUT2D eigenvalue weighted by molar-refractivity contribution is 1.12. The molecule has 0 saturated heterocycles. The Morgan fingerprint density at radius 2 is 2.33 bits per heavy atom. The normalized spacial score (nSPS) is 10.0. The maximum Gasteiger partial charge on any atom is 0.0798 e. The number of anilines is 2. The lowest BCUT2D eigenvalue weighted by Crippen LogP contribution is -2.01. The molecule has 18 heavy (non-hydrogen) atoms. The number of nitrogens with one attached hydrogen (secondary N) is 1. The molecule has 2 rings (SSSR count). The van der Waals surface area contributed by atoms with Crippen molar-refractivity contribution in [3.05, 3.63) is 39.8 Å². The van der Waals surface area contributed by atoms with Crippen molar-refractivity contribution in [1.82, 2.24) is 4.98 Å². The molecule has 0 radical (unpaired) electrons. The summed E-state index contributed by atoms with van der Waals surface area (Å²) >= 11 is 1.64. The standard InChI is InChI=1S/C13H14N4S/c1-9-13(18-8-17-9)7-16-11-2-3-12(15)10(6-11)4-5-14/h2-3,6,8,16H,4,7,15H2,1H3. The van der Waals surface area contributed by atoms with E-state index < -0.39 is 0 Å². The van der Waals surface area contributed by atoms with Gasteiger partial charge in [0.05, 0.1) is 30.2 Å². The molecule has 0 aliphatic heterocycles. The second-order valence-electron chi connectivity index (χ2n) is 3.96. The number of nitriles is 1. The number of benzene rings is 1. The summed E-state index contributed by atoms with van der Waals surface area (Å²) < 4.78 is 0. The molecule has 4 nitrogen and oxygen atoms in total. The second-order valence-corrected chi connectivity index (χ2v) is 4.90. The van der Waals surface area contributed by atoms with Gasteiger partial charge in [-0.05, 0) is 30.7 Å². The summed E-state index contributed by atoms with van der Waals surface area (Å²) in [5.41, 5.74) is 11.2. The van der Waals surface area contributed by atoms with Crippen LogP contribution in [0.5, 0.6) is 0 Å². The van der Waals surface area contributed by atoms with Crippen molar-refractivity contribution >= 4 is 22.7 Å². The molecule has 2 aromatic rings. The highest BCUT2D eigenvalue weighted by Crippen LogP contribution is 2.20. The van der Waals surface area contributed by atoms with Crippen molar-refractivity contribution < 1.29 is 0 Å². The summed E-state index contributed by atoms with van der Waals surface area (Å²) in [5.74, 6) is 0. The van der Waals surface area contributed by atoms with Crippen LogP contribution < -0.4 is 11.1 Å². The third kappa shape index (κ3) is 2.79. The highest BCUT2D eigenvalue weighted by molar-refractivity contribution is 7.09. The van der Waals surface area contributed by atoms with Gasteiger partial charge < -0.3 is 11.1 Å². The van der Waals surface area contributed by atoms with E-state index in [-0.39, 0.29) is 0 Å². The van der Waals surface area contributed by atoms with Crippen molar-refractivity contribution in [2.24, 2.45) is 0 Å². The minimum absolute atomic E-state index is 0.334. The number of aromatic nitrogens is 1. The quantitative estimate of drug-likeness (QED) is 0.827. The van der Waals surface area contributed by atoms with Crippen LogP contribution in [0.3, 0.4) is 0 Å². The molecule has 0 amide bonds. The van der Waals surface area contributed by atoms with Crippen molar-refractivity contribution in [2.45, 2.75) is 19.9 Å². The van der Waals surface area contributed by atoms with Crippen LogP contribution in [0.25, 0.3) is 0 Å². The van der Waals surface area contributed by atoms with Gasteiger partial charge in [-0.25, -0.2) is 4.98 Å². The fourth-order valence-electron chi connectivity index (χ4n) is 1.63. The number of thiazole rings is 1. The van der Waals surface area contributed by atoms with E-state index in [0.29, 0.717) is 12.1 Å². The Morgan fingerprint density at radius 3 is 3.00 bits per heavy atom. The zero-order chi connectivity index (χ0) is 13.0. The largest absolute Gasteiger partial charge is 0.398 e. The zero-order valence-corrected chi connectivity index (χ0v) is 10.9. The van der Waals surface area contributed by atoms with Crippen LogP contribution in [0.15, 0.2) is 23.7 Å². The molecule has 1 heterocycles. The number of nitrogen functional groups attached to an aromatic ring is 1. The third-order valence-corrected chi connectivity index (χ3v) is 3.65. The number of nitrogens with two attached hydrogens (primary N) is 1. The molecule has 0 fully saturated rings. The monoisotopic (exact) mass is 258 g/mol. The Morgan fingerprint density at radius 1 is 1.50 bits per heavy atom. The van der Waals surface area contributed by atoms with E-state index in [1.165, 1.54) is 4.88 Å². The highest BCUT2D eigenvalue weighted by Gasteiger charge is 2.03. The predicted molar refractivity (Wildman–Crippen MR) is 74.3 cm³/mol. The Hall–Kier alpha value is -2.06. The van der Waals surface area contributed by atoms with Crippen LogP contribution in [0.2, 0.25) is 0 Å². The maximum absolute atomic E-state index is 8.72. The van der Waals surface area contributed by atoms with Gasteiger partial charge in [0.1, 0.15) is 0 Å². The molecular weight excluding hydrogens is 244 g/mol. The highest BCUT2D eigenvalue weighted by atomic mass is 32.1.